The highest BCUT2D eigenvalue weighted by Gasteiger charge is 2.28. The third-order valence-corrected chi connectivity index (χ3v) is 5.65. The smallest absolute Gasteiger partial charge is 0.232 e. The molecule has 2 aromatic rings. The van der Waals surface area contributed by atoms with Crippen molar-refractivity contribution in [1.29, 1.82) is 0 Å². The van der Waals surface area contributed by atoms with E-state index in [9.17, 15) is 9.59 Å². The molecule has 1 aliphatic heterocycles. The lowest BCUT2D eigenvalue weighted by atomic mass is 9.97. The van der Waals surface area contributed by atoms with Crippen LogP contribution >= 0.6 is 11.8 Å². The summed E-state index contributed by atoms with van der Waals surface area (Å²) in [6.45, 7) is 2.16. The zero-order valence-electron chi connectivity index (χ0n) is 14.8. The van der Waals surface area contributed by atoms with E-state index in [4.69, 9.17) is 5.73 Å². The summed E-state index contributed by atoms with van der Waals surface area (Å²) < 4.78 is 0. The summed E-state index contributed by atoms with van der Waals surface area (Å²) in [5.74, 6) is 0.384. The van der Waals surface area contributed by atoms with E-state index in [1.807, 2.05) is 17.0 Å². The Morgan fingerprint density at radius 1 is 1.19 bits per heavy atom. The van der Waals surface area contributed by atoms with E-state index in [-0.39, 0.29) is 17.7 Å². The molecule has 0 bridgehead atoms. The second kappa shape index (κ2) is 9.05. The topological polar surface area (TPSA) is 75.4 Å². The Hall–Kier alpha value is -2.05. The van der Waals surface area contributed by atoms with Gasteiger partial charge in [-0.1, -0.05) is 30.3 Å². The van der Waals surface area contributed by atoms with Gasteiger partial charge >= 0.3 is 0 Å². The predicted molar refractivity (Wildman–Crippen MR) is 106 cm³/mol. The number of carbonyl (C=O) groups excluding carboxylic acids is 2. The van der Waals surface area contributed by atoms with Gasteiger partial charge < -0.3 is 16.0 Å². The van der Waals surface area contributed by atoms with Crippen molar-refractivity contribution < 1.29 is 9.59 Å². The maximum atomic E-state index is 12.6. The quantitative estimate of drug-likeness (QED) is 0.764. The number of piperidine rings is 1. The van der Waals surface area contributed by atoms with Gasteiger partial charge in [0.05, 0.1) is 11.7 Å². The van der Waals surface area contributed by atoms with Gasteiger partial charge in [-0.2, -0.15) is 0 Å². The van der Waals surface area contributed by atoms with E-state index in [0.717, 1.165) is 24.3 Å². The molecule has 3 N–H and O–H groups in total. The SMILES string of the molecule is NCCNC(=O)C1CCCN(C(=O)CSc2ccc3ccccc3c2)C1. The molecule has 5 nitrogen and oxygen atoms in total. The molecular weight excluding hydrogens is 346 g/mol. The highest BCUT2D eigenvalue weighted by Crippen LogP contribution is 2.25. The van der Waals surface area contributed by atoms with Crippen LogP contribution in [0.1, 0.15) is 12.8 Å². The molecule has 1 unspecified atom stereocenters. The van der Waals surface area contributed by atoms with Gasteiger partial charge in [0.25, 0.3) is 0 Å². The summed E-state index contributed by atoms with van der Waals surface area (Å²) in [7, 11) is 0. The first kappa shape index (κ1) is 18.7. The first-order valence-corrected chi connectivity index (χ1v) is 10.0. The van der Waals surface area contributed by atoms with Gasteiger partial charge in [-0.25, -0.2) is 0 Å². The van der Waals surface area contributed by atoms with Crippen LogP contribution in [-0.4, -0.2) is 48.6 Å². The number of thioether (sulfide) groups is 1. The molecule has 0 spiro atoms. The lowest BCUT2D eigenvalue weighted by Crippen LogP contribution is -2.46. The number of nitrogens with two attached hydrogens (primary N) is 1. The Balaban J connectivity index is 1.54. The zero-order valence-corrected chi connectivity index (χ0v) is 15.6. The first-order chi connectivity index (χ1) is 12.7. The van der Waals surface area contributed by atoms with Crippen molar-refractivity contribution in [3.05, 3.63) is 42.5 Å². The molecule has 0 saturated carbocycles. The summed E-state index contributed by atoms with van der Waals surface area (Å²) in [4.78, 5) is 27.6. The van der Waals surface area contributed by atoms with Crippen LogP contribution < -0.4 is 11.1 Å². The van der Waals surface area contributed by atoms with E-state index < -0.39 is 0 Å². The number of hydrogen-bond donors (Lipinski definition) is 2. The van der Waals surface area contributed by atoms with E-state index >= 15 is 0 Å². The third kappa shape index (κ3) is 4.77. The van der Waals surface area contributed by atoms with Crippen LogP contribution in [0.4, 0.5) is 0 Å². The van der Waals surface area contributed by atoms with Crippen LogP contribution in [0.3, 0.4) is 0 Å². The van der Waals surface area contributed by atoms with Gasteiger partial charge in [0, 0.05) is 31.1 Å². The largest absolute Gasteiger partial charge is 0.355 e. The van der Waals surface area contributed by atoms with Crippen molar-refractivity contribution in [3.63, 3.8) is 0 Å². The number of carbonyl (C=O) groups is 2. The van der Waals surface area contributed by atoms with Crippen molar-refractivity contribution in [2.24, 2.45) is 11.7 Å². The van der Waals surface area contributed by atoms with Crippen LogP contribution in [0.2, 0.25) is 0 Å². The lowest BCUT2D eigenvalue weighted by Gasteiger charge is -2.32. The molecule has 1 atom stereocenters. The predicted octanol–water partition coefficient (Wildman–Crippen LogP) is 2.25. The Labute approximate surface area is 158 Å². The van der Waals surface area contributed by atoms with E-state index in [0.29, 0.717) is 25.4 Å². The fourth-order valence-electron chi connectivity index (χ4n) is 3.25. The molecule has 1 heterocycles. The lowest BCUT2D eigenvalue weighted by molar-refractivity contribution is -0.133. The minimum absolute atomic E-state index is 0.00938. The Bertz CT molecular complexity index is 780. The molecule has 2 amide bonds. The Morgan fingerprint density at radius 2 is 2.00 bits per heavy atom. The molecule has 3 rings (SSSR count). The maximum Gasteiger partial charge on any atom is 0.232 e. The molecule has 0 aliphatic carbocycles. The van der Waals surface area contributed by atoms with Crippen molar-refractivity contribution in [1.82, 2.24) is 10.2 Å². The molecule has 0 radical (unpaired) electrons. The van der Waals surface area contributed by atoms with Crippen LogP contribution in [0.15, 0.2) is 47.4 Å². The molecule has 6 heteroatoms. The van der Waals surface area contributed by atoms with E-state index in [1.54, 1.807) is 11.8 Å². The van der Waals surface area contributed by atoms with Crippen LogP contribution in [0.5, 0.6) is 0 Å². The normalized spacial score (nSPS) is 17.3. The van der Waals surface area contributed by atoms with E-state index in [2.05, 4.69) is 35.6 Å². The van der Waals surface area contributed by atoms with Gasteiger partial charge in [0.2, 0.25) is 11.8 Å². The van der Waals surface area contributed by atoms with Crippen LogP contribution in [-0.2, 0) is 9.59 Å². The van der Waals surface area contributed by atoms with Crippen molar-refractivity contribution >= 4 is 34.3 Å². The van der Waals surface area contributed by atoms with Gasteiger partial charge in [-0.05, 0) is 35.7 Å². The standard InChI is InChI=1S/C20H25N3O2S/c21-9-10-22-20(25)17-6-3-11-23(13-17)19(24)14-26-18-8-7-15-4-1-2-5-16(15)12-18/h1-2,4-5,7-8,12,17H,3,6,9-11,13-14,21H2,(H,22,25). The average molecular weight is 372 g/mol. The van der Waals surface area contributed by atoms with Gasteiger partial charge in [0.15, 0.2) is 0 Å². The van der Waals surface area contributed by atoms with Crippen molar-refractivity contribution in [2.75, 3.05) is 31.9 Å². The van der Waals surface area contributed by atoms with E-state index in [1.165, 1.54) is 10.8 Å². The van der Waals surface area contributed by atoms with Crippen molar-refractivity contribution in [2.45, 2.75) is 17.7 Å². The molecule has 0 aromatic heterocycles. The summed E-state index contributed by atoms with van der Waals surface area (Å²) in [5.41, 5.74) is 5.43. The number of benzene rings is 2. The van der Waals surface area contributed by atoms with Gasteiger partial charge in [-0.3, -0.25) is 9.59 Å². The Morgan fingerprint density at radius 3 is 2.81 bits per heavy atom. The Kier molecular flexibility index (Phi) is 6.52. The first-order valence-electron chi connectivity index (χ1n) is 9.04. The van der Waals surface area contributed by atoms with Crippen LogP contribution in [0.25, 0.3) is 10.8 Å². The minimum atomic E-state index is -0.120. The monoisotopic (exact) mass is 371 g/mol. The number of rotatable bonds is 6. The molecule has 2 aromatic carbocycles. The number of hydrogen-bond acceptors (Lipinski definition) is 4. The summed E-state index contributed by atoms with van der Waals surface area (Å²) in [6.07, 6.45) is 1.70. The third-order valence-electron chi connectivity index (χ3n) is 4.67. The zero-order chi connectivity index (χ0) is 18.4. The fourth-order valence-corrected chi connectivity index (χ4v) is 4.10. The summed E-state index contributed by atoms with van der Waals surface area (Å²) in [6, 6.07) is 14.5. The molecule has 1 saturated heterocycles. The minimum Gasteiger partial charge on any atom is -0.355 e. The number of amides is 2. The fraction of sp³-hybridized carbons (Fsp3) is 0.400. The summed E-state index contributed by atoms with van der Waals surface area (Å²) >= 11 is 1.55. The second-order valence-corrected chi connectivity index (χ2v) is 7.60. The molecule has 1 aliphatic rings. The molecule has 138 valence electrons. The molecular formula is C20H25N3O2S. The average Bonchev–Trinajstić information content (AvgIpc) is 2.70. The highest BCUT2D eigenvalue weighted by atomic mass is 32.2. The molecule has 1 fully saturated rings. The highest BCUT2D eigenvalue weighted by molar-refractivity contribution is 8.00. The second-order valence-electron chi connectivity index (χ2n) is 6.56. The number of nitrogens with zero attached hydrogens (tertiary/aromatic N) is 1. The summed E-state index contributed by atoms with van der Waals surface area (Å²) in [5, 5.41) is 5.21. The number of likely N-dealkylation sites (tertiary alicyclic amines) is 1. The van der Waals surface area contributed by atoms with Crippen molar-refractivity contribution in [3.8, 4) is 0 Å². The van der Waals surface area contributed by atoms with Gasteiger partial charge in [-0.15, -0.1) is 11.8 Å². The van der Waals surface area contributed by atoms with Crippen LogP contribution in [0, 0.1) is 5.92 Å². The van der Waals surface area contributed by atoms with Gasteiger partial charge in [0.1, 0.15) is 0 Å². The number of nitrogens with one attached hydrogen (secondary N) is 1. The number of fused-ring (bicyclic) bond motifs is 1. The molecule has 26 heavy (non-hydrogen) atoms. The maximum absolute atomic E-state index is 12.6.